The maximum atomic E-state index is 13.4. The van der Waals surface area contributed by atoms with Crippen LogP contribution in [0.15, 0.2) is 53.7 Å². The van der Waals surface area contributed by atoms with Gasteiger partial charge >= 0.3 is 0 Å². The first-order valence-corrected chi connectivity index (χ1v) is 9.53. The van der Waals surface area contributed by atoms with Gasteiger partial charge in [-0.05, 0) is 37.1 Å². The normalized spacial score (nSPS) is 13.6. The first-order valence-electron chi connectivity index (χ1n) is 8.09. The van der Waals surface area contributed by atoms with Crippen LogP contribution in [0.5, 0.6) is 0 Å². The van der Waals surface area contributed by atoms with Crippen LogP contribution in [0.2, 0.25) is 0 Å². The van der Waals surface area contributed by atoms with Crippen LogP contribution >= 0.6 is 0 Å². The average Bonchev–Trinajstić information content (AvgIpc) is 3.04. The third-order valence-electron chi connectivity index (χ3n) is 4.67. The molecule has 0 aliphatic carbocycles. The molecular formula is C19H16N3O3S+. The molecule has 0 fully saturated rings. The fourth-order valence-electron chi connectivity index (χ4n) is 3.51. The number of fused-ring (bicyclic) bond motifs is 2. The predicted octanol–water partition coefficient (Wildman–Crippen LogP) is 2.98. The molecule has 0 spiro atoms. The molecule has 6 nitrogen and oxygen atoms in total. The van der Waals surface area contributed by atoms with Gasteiger partial charge in [-0.2, -0.15) is 0 Å². The SMILES string of the molecule is [C-]#[N+]c1ccc2c(c1)N(S(=O)(=O)c1cccc3c[n+](O)cc(C)c13)CC2. The summed E-state index contributed by atoms with van der Waals surface area (Å²) in [7, 11) is -3.80. The van der Waals surface area contributed by atoms with Crippen molar-refractivity contribution in [1.82, 2.24) is 0 Å². The molecule has 0 atom stereocenters. The van der Waals surface area contributed by atoms with Crippen LogP contribution in [-0.4, -0.2) is 20.2 Å². The van der Waals surface area contributed by atoms with Gasteiger partial charge in [-0.25, -0.2) is 13.3 Å². The number of rotatable bonds is 2. The van der Waals surface area contributed by atoms with Crippen LogP contribution in [0.3, 0.4) is 0 Å². The summed E-state index contributed by atoms with van der Waals surface area (Å²) in [6.07, 6.45) is 3.58. The highest BCUT2D eigenvalue weighted by molar-refractivity contribution is 7.93. The van der Waals surface area contributed by atoms with Gasteiger partial charge in [0.1, 0.15) is 0 Å². The molecule has 2 heterocycles. The minimum Gasteiger partial charge on any atom is -0.285 e. The molecule has 1 aliphatic rings. The van der Waals surface area contributed by atoms with E-state index in [2.05, 4.69) is 4.85 Å². The highest BCUT2D eigenvalue weighted by Gasteiger charge is 2.32. The molecule has 0 radical (unpaired) electrons. The zero-order chi connectivity index (χ0) is 18.5. The van der Waals surface area contributed by atoms with Crippen molar-refractivity contribution in [2.24, 2.45) is 0 Å². The van der Waals surface area contributed by atoms with Crippen LogP contribution in [0.1, 0.15) is 11.1 Å². The Labute approximate surface area is 151 Å². The summed E-state index contributed by atoms with van der Waals surface area (Å²) in [5.41, 5.74) is 2.58. The van der Waals surface area contributed by atoms with E-state index in [-0.39, 0.29) is 4.90 Å². The maximum Gasteiger partial charge on any atom is 0.264 e. The number of benzene rings is 2. The standard InChI is InChI=1S/C19H16N3O3S/c1-13-11-21(23)12-15-4-3-5-18(19(13)15)26(24,25)22-9-8-14-6-7-16(20-2)10-17(14)22/h3-7,10-12,23H,8-9H2,1H3/q+1. The molecule has 2 aromatic carbocycles. The van der Waals surface area contributed by atoms with E-state index < -0.39 is 10.0 Å². The van der Waals surface area contributed by atoms with Gasteiger partial charge in [0.15, 0.2) is 5.69 Å². The lowest BCUT2D eigenvalue weighted by Crippen LogP contribution is -2.31. The quantitative estimate of drug-likeness (QED) is 0.431. The second-order valence-corrected chi connectivity index (χ2v) is 8.12. The van der Waals surface area contributed by atoms with Gasteiger partial charge in [0.05, 0.1) is 16.9 Å². The number of nitrogens with zero attached hydrogens (tertiary/aromatic N) is 3. The van der Waals surface area contributed by atoms with Crippen molar-refractivity contribution in [1.29, 1.82) is 0 Å². The van der Waals surface area contributed by atoms with Crippen molar-refractivity contribution in [3.63, 3.8) is 0 Å². The zero-order valence-electron chi connectivity index (χ0n) is 14.0. The van der Waals surface area contributed by atoms with Crippen molar-refractivity contribution in [3.05, 3.63) is 71.3 Å². The molecule has 26 heavy (non-hydrogen) atoms. The number of hydrogen-bond donors (Lipinski definition) is 1. The van der Waals surface area contributed by atoms with E-state index in [0.29, 0.717) is 40.7 Å². The third kappa shape index (κ3) is 2.38. The number of pyridine rings is 1. The Balaban J connectivity index is 1.93. The van der Waals surface area contributed by atoms with Gasteiger partial charge < -0.3 is 0 Å². The van der Waals surface area contributed by atoms with Gasteiger partial charge in [0.2, 0.25) is 12.4 Å². The molecule has 0 unspecified atom stereocenters. The Hall–Kier alpha value is -3.11. The molecule has 1 aromatic heterocycles. The highest BCUT2D eigenvalue weighted by atomic mass is 32.2. The largest absolute Gasteiger partial charge is 0.285 e. The van der Waals surface area contributed by atoms with Crippen LogP contribution in [-0.2, 0) is 16.4 Å². The summed E-state index contributed by atoms with van der Waals surface area (Å²) in [5, 5.41) is 11.0. The van der Waals surface area contributed by atoms with Crippen molar-refractivity contribution in [2.45, 2.75) is 18.2 Å². The summed E-state index contributed by atoms with van der Waals surface area (Å²) in [4.78, 5) is 3.61. The predicted molar refractivity (Wildman–Crippen MR) is 97.0 cm³/mol. The Bertz CT molecular complexity index is 1200. The number of aryl methyl sites for hydroxylation is 1. The monoisotopic (exact) mass is 366 g/mol. The fraction of sp³-hybridized carbons (Fsp3) is 0.158. The lowest BCUT2D eigenvalue weighted by atomic mass is 10.1. The average molecular weight is 366 g/mol. The van der Waals surface area contributed by atoms with Gasteiger partial charge in [-0.15, -0.1) is 0 Å². The second kappa shape index (κ2) is 5.71. The molecule has 4 rings (SSSR count). The number of sulfonamides is 1. The molecule has 1 N–H and O–H groups in total. The van der Waals surface area contributed by atoms with E-state index in [0.717, 1.165) is 10.3 Å². The molecule has 0 saturated carbocycles. The zero-order valence-corrected chi connectivity index (χ0v) is 14.9. The summed E-state index contributed by atoms with van der Waals surface area (Å²) < 4.78 is 29.2. The summed E-state index contributed by atoms with van der Waals surface area (Å²) in [5.74, 6) is 0. The van der Waals surface area contributed by atoms with Crippen LogP contribution in [0.4, 0.5) is 11.4 Å². The smallest absolute Gasteiger partial charge is 0.264 e. The number of hydrogen-bond acceptors (Lipinski definition) is 3. The van der Waals surface area contributed by atoms with E-state index in [9.17, 15) is 13.6 Å². The lowest BCUT2D eigenvalue weighted by Gasteiger charge is -2.21. The van der Waals surface area contributed by atoms with Gasteiger partial charge in [0.25, 0.3) is 10.0 Å². The molecule has 0 bridgehead atoms. The van der Waals surface area contributed by atoms with E-state index in [4.69, 9.17) is 6.57 Å². The van der Waals surface area contributed by atoms with Gasteiger partial charge in [-0.3, -0.25) is 9.51 Å². The molecule has 7 heteroatoms. The summed E-state index contributed by atoms with van der Waals surface area (Å²) in [6, 6.07) is 10.2. The van der Waals surface area contributed by atoms with Gasteiger partial charge in [-0.1, -0.05) is 18.2 Å². The lowest BCUT2D eigenvalue weighted by molar-refractivity contribution is -0.904. The second-order valence-electron chi connectivity index (χ2n) is 6.29. The van der Waals surface area contributed by atoms with Crippen molar-refractivity contribution in [3.8, 4) is 0 Å². The van der Waals surface area contributed by atoms with Crippen LogP contribution in [0.25, 0.3) is 15.6 Å². The first-order chi connectivity index (χ1) is 12.4. The topological polar surface area (TPSA) is 65.9 Å². The van der Waals surface area contributed by atoms with E-state index in [1.807, 2.05) is 6.07 Å². The summed E-state index contributed by atoms with van der Waals surface area (Å²) >= 11 is 0. The van der Waals surface area contributed by atoms with Gasteiger partial charge in [0, 0.05) is 27.9 Å². The summed E-state index contributed by atoms with van der Waals surface area (Å²) in [6.45, 7) is 9.29. The molecule has 0 amide bonds. The molecule has 3 aromatic rings. The Morgan fingerprint density at radius 3 is 2.81 bits per heavy atom. The van der Waals surface area contributed by atoms with Crippen molar-refractivity contribution >= 4 is 32.2 Å². The van der Waals surface area contributed by atoms with E-state index in [1.54, 1.807) is 37.3 Å². The minimum atomic E-state index is -3.80. The minimum absolute atomic E-state index is 0.203. The number of anilines is 1. The van der Waals surface area contributed by atoms with Crippen LogP contribution < -0.4 is 9.04 Å². The molecule has 130 valence electrons. The highest BCUT2D eigenvalue weighted by Crippen LogP contribution is 2.37. The van der Waals surface area contributed by atoms with E-state index >= 15 is 0 Å². The first kappa shape index (κ1) is 16.4. The van der Waals surface area contributed by atoms with Crippen molar-refractivity contribution < 1.29 is 18.4 Å². The molecule has 0 saturated heterocycles. The molecule has 1 aliphatic heterocycles. The fourth-order valence-corrected chi connectivity index (χ4v) is 5.30. The maximum absolute atomic E-state index is 13.4. The molecular weight excluding hydrogens is 350 g/mol. The van der Waals surface area contributed by atoms with Crippen molar-refractivity contribution in [2.75, 3.05) is 10.8 Å². The Morgan fingerprint density at radius 2 is 2.04 bits per heavy atom. The Kier molecular flexibility index (Phi) is 3.60. The number of aromatic nitrogens is 1. The third-order valence-corrected chi connectivity index (χ3v) is 6.52. The van der Waals surface area contributed by atoms with Crippen LogP contribution in [0, 0.1) is 13.5 Å². The van der Waals surface area contributed by atoms with E-state index in [1.165, 1.54) is 16.7 Å². The Morgan fingerprint density at radius 1 is 1.23 bits per heavy atom.